The van der Waals surface area contributed by atoms with Gasteiger partial charge in [0.1, 0.15) is 0 Å². The number of carbonyl (C=O) groups excluding carboxylic acids is 1. The van der Waals surface area contributed by atoms with Crippen molar-refractivity contribution in [2.75, 3.05) is 26.5 Å². The molecule has 13 heavy (non-hydrogen) atoms. The Bertz CT molecular complexity index is 215. The van der Waals surface area contributed by atoms with E-state index < -0.39 is 0 Å². The van der Waals surface area contributed by atoms with Crippen LogP contribution in [-0.2, 0) is 4.79 Å². The summed E-state index contributed by atoms with van der Waals surface area (Å²) in [6.07, 6.45) is 0.810. The first-order chi connectivity index (χ1) is 6.33. The van der Waals surface area contributed by atoms with E-state index in [9.17, 15) is 4.79 Å². The van der Waals surface area contributed by atoms with E-state index in [1.165, 1.54) is 0 Å². The average Bonchev–Trinajstić information content (AvgIpc) is 2.92. The quantitative estimate of drug-likeness (QED) is 0.160. The molecule has 5 nitrogen and oxygen atoms in total. The Morgan fingerprint density at radius 3 is 3.00 bits per heavy atom. The number of carbonyl (C=O) groups is 1. The van der Waals surface area contributed by atoms with Gasteiger partial charge < -0.3 is 15.3 Å². The van der Waals surface area contributed by atoms with Crippen LogP contribution in [0.3, 0.4) is 0 Å². The average molecular weight is 185 g/mol. The van der Waals surface area contributed by atoms with Crippen LogP contribution in [0.5, 0.6) is 0 Å². The van der Waals surface area contributed by atoms with Crippen molar-refractivity contribution in [3.8, 4) is 0 Å². The molecule has 3 N–H and O–H groups in total. The fourth-order valence-electron chi connectivity index (χ4n) is 1.13. The number of likely N-dealkylation sites (N-methyl/N-ethyl adjacent to an activating group) is 1. The minimum absolute atomic E-state index is 0.0913. The lowest BCUT2D eigenvalue weighted by atomic mass is 10.4. The summed E-state index contributed by atoms with van der Waals surface area (Å²) in [5.74, 6) is 0. The summed E-state index contributed by atoms with van der Waals surface area (Å²) < 4.78 is 0. The number of aliphatic hydroxyl groups is 1. The zero-order valence-electron chi connectivity index (χ0n) is 7.71. The largest absolute Gasteiger partial charge is 0.381 e. The molecule has 0 aromatic carbocycles. The van der Waals surface area contributed by atoms with Gasteiger partial charge in [-0.25, -0.2) is 0 Å². The van der Waals surface area contributed by atoms with Crippen LogP contribution in [-0.4, -0.2) is 42.8 Å². The van der Waals surface area contributed by atoms with E-state index in [1.807, 2.05) is 6.92 Å². The number of hydrogen-bond acceptors (Lipinski definition) is 5. The first kappa shape index (κ1) is 10.0. The number of aliphatic hydroxyl groups excluding tert-OH is 1. The van der Waals surface area contributed by atoms with Gasteiger partial charge in [-0.15, -0.1) is 0 Å². The fourth-order valence-corrected chi connectivity index (χ4v) is 1.13. The normalized spacial score (nSPS) is 18.5. The molecule has 5 heteroatoms. The van der Waals surface area contributed by atoms with Crippen molar-refractivity contribution in [2.45, 2.75) is 6.92 Å². The van der Waals surface area contributed by atoms with Gasteiger partial charge in [0.2, 0.25) is 0 Å². The van der Waals surface area contributed by atoms with Crippen LogP contribution in [0.1, 0.15) is 6.92 Å². The molecule has 0 atom stereocenters. The van der Waals surface area contributed by atoms with Crippen LogP contribution in [0.25, 0.3) is 0 Å². The van der Waals surface area contributed by atoms with Crippen LogP contribution >= 0.6 is 0 Å². The van der Waals surface area contributed by atoms with Crippen molar-refractivity contribution < 1.29 is 9.90 Å². The van der Waals surface area contributed by atoms with Crippen molar-refractivity contribution in [1.82, 2.24) is 15.5 Å². The highest BCUT2D eigenvalue weighted by Crippen LogP contribution is 2.22. The number of nitrogens with zero attached hydrogens (tertiary/aromatic N) is 1. The highest BCUT2D eigenvalue weighted by Gasteiger charge is 2.26. The highest BCUT2D eigenvalue weighted by atomic mass is 16.3. The molecule has 0 aliphatic carbocycles. The predicted molar refractivity (Wildman–Crippen MR) is 48.6 cm³/mol. The number of nitrogens with one attached hydrogen (secondary N) is 2. The van der Waals surface area contributed by atoms with E-state index in [0.29, 0.717) is 12.4 Å². The van der Waals surface area contributed by atoms with Gasteiger partial charge >= 0.3 is 0 Å². The smallest absolute Gasteiger partial charge is 0.167 e. The van der Waals surface area contributed by atoms with E-state index in [1.54, 1.807) is 0 Å². The molecule has 1 heterocycles. The minimum Gasteiger partial charge on any atom is -0.381 e. The van der Waals surface area contributed by atoms with Crippen molar-refractivity contribution in [3.63, 3.8) is 0 Å². The van der Waals surface area contributed by atoms with Gasteiger partial charge in [0.15, 0.2) is 6.29 Å². The lowest BCUT2D eigenvalue weighted by molar-refractivity contribution is -0.105. The Labute approximate surface area is 77.4 Å². The van der Waals surface area contributed by atoms with E-state index in [2.05, 4.69) is 15.5 Å². The Morgan fingerprint density at radius 2 is 2.54 bits per heavy atom. The second-order valence-corrected chi connectivity index (χ2v) is 2.75. The summed E-state index contributed by atoms with van der Waals surface area (Å²) in [6.45, 7) is 4.16. The van der Waals surface area contributed by atoms with Crippen molar-refractivity contribution in [3.05, 3.63) is 11.4 Å². The standard InChI is InChI=1S/C8H15N3O2/c1-2-11-3-8(11)7(4-12)10-5-9-6-13/h4,9-10,13H,2-3,5-6H2,1H3/b8-7-. The SMILES string of the molecule is CCN1C/C1=C(\C=O)NCNCO. The minimum atomic E-state index is -0.0913. The van der Waals surface area contributed by atoms with Gasteiger partial charge in [0.05, 0.1) is 31.3 Å². The van der Waals surface area contributed by atoms with Gasteiger partial charge in [0.25, 0.3) is 0 Å². The number of aldehydes is 1. The molecule has 1 aliphatic rings. The van der Waals surface area contributed by atoms with Crippen LogP contribution in [0.4, 0.5) is 0 Å². The third-order valence-electron chi connectivity index (χ3n) is 1.95. The van der Waals surface area contributed by atoms with E-state index in [0.717, 1.165) is 25.1 Å². The molecule has 0 radical (unpaired) electrons. The summed E-state index contributed by atoms with van der Waals surface area (Å²) in [5, 5.41) is 14.0. The van der Waals surface area contributed by atoms with Gasteiger partial charge in [-0.05, 0) is 6.92 Å². The molecule has 1 rings (SSSR count). The molecule has 1 fully saturated rings. The first-order valence-corrected chi connectivity index (χ1v) is 4.32. The molecule has 74 valence electrons. The van der Waals surface area contributed by atoms with Crippen LogP contribution < -0.4 is 10.6 Å². The van der Waals surface area contributed by atoms with E-state index >= 15 is 0 Å². The van der Waals surface area contributed by atoms with E-state index in [4.69, 9.17) is 5.11 Å². The Kier molecular flexibility index (Phi) is 3.72. The third kappa shape index (κ3) is 2.71. The van der Waals surface area contributed by atoms with Crippen molar-refractivity contribution >= 4 is 6.29 Å². The summed E-state index contributed by atoms with van der Waals surface area (Å²) in [6, 6.07) is 0. The van der Waals surface area contributed by atoms with Gasteiger partial charge in [-0.2, -0.15) is 0 Å². The monoisotopic (exact) mass is 185 g/mol. The third-order valence-corrected chi connectivity index (χ3v) is 1.95. The fraction of sp³-hybridized carbons (Fsp3) is 0.625. The van der Waals surface area contributed by atoms with Crippen LogP contribution in [0.2, 0.25) is 0 Å². The van der Waals surface area contributed by atoms with Gasteiger partial charge in [-0.1, -0.05) is 0 Å². The second-order valence-electron chi connectivity index (χ2n) is 2.75. The molecular formula is C8H15N3O2. The second kappa shape index (κ2) is 4.84. The molecule has 0 saturated carbocycles. The molecule has 1 aliphatic heterocycles. The van der Waals surface area contributed by atoms with Crippen LogP contribution in [0, 0.1) is 0 Å². The number of rotatable bonds is 6. The Morgan fingerprint density at radius 1 is 1.77 bits per heavy atom. The summed E-state index contributed by atoms with van der Waals surface area (Å²) in [4.78, 5) is 12.7. The maximum atomic E-state index is 10.6. The zero-order chi connectivity index (χ0) is 9.68. The lowest BCUT2D eigenvalue weighted by Crippen LogP contribution is -2.29. The summed E-state index contributed by atoms with van der Waals surface area (Å²) in [5.41, 5.74) is 1.67. The molecule has 0 aromatic heterocycles. The summed E-state index contributed by atoms with van der Waals surface area (Å²) >= 11 is 0. The molecule has 0 unspecified atom stereocenters. The van der Waals surface area contributed by atoms with Crippen LogP contribution in [0.15, 0.2) is 11.4 Å². The predicted octanol–water partition coefficient (Wildman–Crippen LogP) is -1.18. The van der Waals surface area contributed by atoms with Crippen molar-refractivity contribution in [2.24, 2.45) is 0 Å². The molecule has 0 aromatic rings. The molecule has 0 amide bonds. The molecule has 0 bridgehead atoms. The number of allylic oxidation sites excluding steroid dienone is 1. The van der Waals surface area contributed by atoms with Gasteiger partial charge in [-0.3, -0.25) is 10.1 Å². The first-order valence-electron chi connectivity index (χ1n) is 4.32. The molecule has 1 saturated heterocycles. The lowest BCUT2D eigenvalue weighted by Gasteiger charge is -2.04. The summed E-state index contributed by atoms with van der Waals surface area (Å²) in [7, 11) is 0. The number of hydrogen-bond donors (Lipinski definition) is 3. The molecule has 0 spiro atoms. The van der Waals surface area contributed by atoms with E-state index in [-0.39, 0.29) is 6.73 Å². The Balaban J connectivity index is 2.36. The maximum Gasteiger partial charge on any atom is 0.167 e. The zero-order valence-corrected chi connectivity index (χ0v) is 7.71. The van der Waals surface area contributed by atoms with Gasteiger partial charge in [0, 0.05) is 6.54 Å². The topological polar surface area (TPSA) is 64.4 Å². The Hall–Kier alpha value is -1.07. The highest BCUT2D eigenvalue weighted by molar-refractivity contribution is 5.74. The van der Waals surface area contributed by atoms with Crippen molar-refractivity contribution in [1.29, 1.82) is 0 Å². The maximum absolute atomic E-state index is 10.6. The molecular weight excluding hydrogens is 170 g/mol.